The second-order valence-corrected chi connectivity index (χ2v) is 13.8. The number of furan rings is 1. The number of amides is 2. The van der Waals surface area contributed by atoms with Crippen molar-refractivity contribution in [3.8, 4) is 5.75 Å². The van der Waals surface area contributed by atoms with Crippen molar-refractivity contribution in [2.24, 2.45) is 0 Å². The first-order chi connectivity index (χ1) is 24.9. The first kappa shape index (κ1) is 37.7. The van der Waals surface area contributed by atoms with Gasteiger partial charge in [-0.1, -0.05) is 53.5 Å². The van der Waals surface area contributed by atoms with E-state index in [0.717, 1.165) is 23.3 Å². The van der Waals surface area contributed by atoms with Crippen molar-refractivity contribution in [3.63, 3.8) is 0 Å². The van der Waals surface area contributed by atoms with Gasteiger partial charge in [0.05, 0.1) is 37.3 Å². The molecular weight excluding hydrogens is 718 g/mol. The Bertz CT molecular complexity index is 1810. The van der Waals surface area contributed by atoms with Crippen molar-refractivity contribution >= 4 is 35.0 Å². The maximum atomic E-state index is 15.5. The molecule has 0 spiro atoms. The minimum atomic E-state index is -4.67. The first-order valence-corrected chi connectivity index (χ1v) is 17.9. The van der Waals surface area contributed by atoms with Gasteiger partial charge in [-0.05, 0) is 99.4 Å². The summed E-state index contributed by atoms with van der Waals surface area (Å²) >= 11 is 12.5. The van der Waals surface area contributed by atoms with Gasteiger partial charge in [-0.15, -0.1) is 0 Å². The van der Waals surface area contributed by atoms with Gasteiger partial charge < -0.3 is 24.7 Å². The normalized spacial score (nSPS) is 20.8. The highest BCUT2D eigenvalue weighted by molar-refractivity contribution is 6.30. The topological polar surface area (TPSA) is 108 Å². The number of piperidine rings is 1. The lowest BCUT2D eigenvalue weighted by Crippen LogP contribution is -2.63. The summed E-state index contributed by atoms with van der Waals surface area (Å²) in [6.07, 6.45) is -3.56. The van der Waals surface area contributed by atoms with E-state index < -0.39 is 41.3 Å². The van der Waals surface area contributed by atoms with Crippen LogP contribution in [0.25, 0.3) is 0 Å². The van der Waals surface area contributed by atoms with Crippen LogP contribution in [0.3, 0.4) is 0 Å². The van der Waals surface area contributed by atoms with Gasteiger partial charge >= 0.3 is 6.18 Å². The minimum Gasteiger partial charge on any atom is -0.493 e. The van der Waals surface area contributed by atoms with Crippen molar-refractivity contribution in [3.05, 3.63) is 123 Å². The number of nitrogens with zero attached hydrogens (tertiary/aromatic N) is 1. The highest BCUT2D eigenvalue weighted by Gasteiger charge is 2.55. The molecular formula is C38H40Cl2F3N5O4. The minimum absolute atomic E-state index is 0.0342. The summed E-state index contributed by atoms with van der Waals surface area (Å²) in [5.74, 6) is 0.168. The maximum absolute atomic E-state index is 15.5. The van der Waals surface area contributed by atoms with E-state index in [9.17, 15) is 18.0 Å². The van der Waals surface area contributed by atoms with Crippen LogP contribution in [0.5, 0.6) is 5.75 Å². The Labute approximate surface area is 310 Å². The number of carbonyl (C=O) groups excluding carboxylic acids is 2. The van der Waals surface area contributed by atoms with Gasteiger partial charge in [-0.25, -0.2) is 0 Å². The molecule has 276 valence electrons. The zero-order valence-corrected chi connectivity index (χ0v) is 30.2. The highest BCUT2D eigenvalue weighted by atomic mass is 35.5. The quantitative estimate of drug-likeness (QED) is 0.130. The summed E-state index contributed by atoms with van der Waals surface area (Å²) in [5.41, 5.74) is -1.13. The summed E-state index contributed by atoms with van der Waals surface area (Å²) in [4.78, 5) is 30.7. The van der Waals surface area contributed by atoms with Crippen LogP contribution in [0.15, 0.2) is 83.3 Å². The van der Waals surface area contributed by atoms with Crippen molar-refractivity contribution in [2.45, 2.75) is 63.2 Å². The molecule has 0 aliphatic carbocycles. The second kappa shape index (κ2) is 15.9. The molecule has 1 aromatic heterocycles. The van der Waals surface area contributed by atoms with E-state index in [1.165, 1.54) is 11.0 Å². The Kier molecular flexibility index (Phi) is 11.5. The lowest BCUT2D eigenvalue weighted by atomic mass is 9.93. The summed E-state index contributed by atoms with van der Waals surface area (Å²) in [7, 11) is 0. The van der Waals surface area contributed by atoms with Gasteiger partial charge in [-0.2, -0.15) is 13.2 Å². The molecule has 14 heteroatoms. The molecule has 3 heterocycles. The Morgan fingerprint density at radius 1 is 0.923 bits per heavy atom. The molecule has 2 aliphatic heterocycles. The average Bonchev–Trinajstić information content (AvgIpc) is 3.74. The molecule has 0 saturated carbocycles. The van der Waals surface area contributed by atoms with Crippen LogP contribution < -0.4 is 26.0 Å². The van der Waals surface area contributed by atoms with Gasteiger partial charge in [0.1, 0.15) is 17.3 Å². The molecule has 2 unspecified atom stereocenters. The molecule has 2 fully saturated rings. The molecule has 52 heavy (non-hydrogen) atoms. The number of benzene rings is 3. The number of aryl methyl sites for hydroxylation is 1. The second-order valence-electron chi connectivity index (χ2n) is 12.9. The van der Waals surface area contributed by atoms with Crippen LogP contribution in [-0.4, -0.2) is 49.0 Å². The SMILES string of the molecule is CCOc1cc(C(F)(F)F)ccc1C1(C(=O)N(CC(=O)NCc2ccc(C)o2)C2CCNCC2)NC(c2ccc(Cl)cc2)C(c2ccc(Cl)cc2)N1. The predicted octanol–water partition coefficient (Wildman–Crippen LogP) is 7.04. The van der Waals surface area contributed by atoms with E-state index in [2.05, 4.69) is 21.3 Å². The number of halogens is 5. The van der Waals surface area contributed by atoms with E-state index in [0.29, 0.717) is 47.5 Å². The fourth-order valence-electron chi connectivity index (χ4n) is 6.92. The number of carbonyl (C=O) groups is 2. The van der Waals surface area contributed by atoms with Crippen LogP contribution in [0.1, 0.15) is 65.6 Å². The number of hydrogen-bond donors (Lipinski definition) is 4. The molecule has 0 radical (unpaired) electrons. The summed E-state index contributed by atoms with van der Waals surface area (Å²) in [6, 6.07) is 19.4. The Morgan fingerprint density at radius 3 is 2.04 bits per heavy atom. The van der Waals surface area contributed by atoms with Crippen molar-refractivity contribution in [1.82, 2.24) is 26.2 Å². The van der Waals surface area contributed by atoms with Gasteiger partial charge in [0, 0.05) is 21.7 Å². The van der Waals surface area contributed by atoms with Crippen LogP contribution in [0.2, 0.25) is 10.0 Å². The van der Waals surface area contributed by atoms with E-state index in [1.54, 1.807) is 50.2 Å². The van der Waals surface area contributed by atoms with E-state index in [4.69, 9.17) is 32.4 Å². The molecule has 2 saturated heterocycles. The Morgan fingerprint density at radius 2 is 1.52 bits per heavy atom. The van der Waals surface area contributed by atoms with Gasteiger partial charge in [0.15, 0.2) is 5.66 Å². The standard InChI is InChI=1S/C38H40Cl2F3N5O4/c1-3-51-32-20-26(38(41,42)43)9-15-31(32)37(46-34(24-5-10-27(39)11-6-24)35(47-37)25-7-12-28(40)13-8-25)36(50)48(29-16-18-44-19-17-29)22-33(49)45-21-30-14-4-23(2)52-30/h4-15,20,29,34-35,44,46-47H,3,16-19,21-22H2,1-2H3,(H,45,49). The number of ether oxygens (including phenoxy) is 1. The van der Waals surface area contributed by atoms with Gasteiger partial charge in [0.25, 0.3) is 5.91 Å². The van der Waals surface area contributed by atoms with Crippen LogP contribution >= 0.6 is 23.2 Å². The zero-order chi connectivity index (χ0) is 37.0. The van der Waals surface area contributed by atoms with Crippen LogP contribution in [0, 0.1) is 6.92 Å². The number of rotatable bonds is 11. The van der Waals surface area contributed by atoms with Gasteiger partial charge in [-0.3, -0.25) is 20.2 Å². The monoisotopic (exact) mass is 757 g/mol. The molecule has 9 nitrogen and oxygen atoms in total. The van der Waals surface area contributed by atoms with Crippen LogP contribution in [0.4, 0.5) is 13.2 Å². The Hall–Kier alpha value is -4.07. The smallest absolute Gasteiger partial charge is 0.416 e. The molecule has 3 aromatic carbocycles. The Balaban J connectivity index is 1.49. The van der Waals surface area contributed by atoms with Gasteiger partial charge in [0.2, 0.25) is 5.91 Å². The molecule has 4 aromatic rings. The third kappa shape index (κ3) is 8.26. The first-order valence-electron chi connectivity index (χ1n) is 17.1. The lowest BCUT2D eigenvalue weighted by Gasteiger charge is -2.41. The van der Waals surface area contributed by atoms with E-state index in [1.807, 2.05) is 24.3 Å². The van der Waals surface area contributed by atoms with Crippen molar-refractivity contribution in [2.75, 3.05) is 26.2 Å². The summed E-state index contributed by atoms with van der Waals surface area (Å²) < 4.78 is 53.7. The third-order valence-electron chi connectivity index (χ3n) is 9.45. The molecule has 2 atom stereocenters. The van der Waals surface area contributed by atoms with Crippen molar-refractivity contribution < 1.29 is 31.9 Å². The molecule has 2 amide bonds. The van der Waals surface area contributed by atoms with Crippen molar-refractivity contribution in [1.29, 1.82) is 0 Å². The third-order valence-corrected chi connectivity index (χ3v) is 9.95. The summed E-state index contributed by atoms with van der Waals surface area (Å²) in [5, 5.41) is 14.2. The molecule has 6 rings (SSSR count). The summed E-state index contributed by atoms with van der Waals surface area (Å²) in [6.45, 7) is 4.53. The number of alkyl halides is 3. The lowest BCUT2D eigenvalue weighted by molar-refractivity contribution is -0.146. The van der Waals surface area contributed by atoms with E-state index in [-0.39, 0.29) is 37.1 Å². The molecule has 0 bridgehead atoms. The number of nitrogens with one attached hydrogen (secondary N) is 4. The largest absolute Gasteiger partial charge is 0.493 e. The predicted molar refractivity (Wildman–Crippen MR) is 192 cm³/mol. The van der Waals surface area contributed by atoms with E-state index >= 15 is 4.79 Å². The highest BCUT2D eigenvalue weighted by Crippen LogP contribution is 2.46. The zero-order valence-electron chi connectivity index (χ0n) is 28.7. The number of hydrogen-bond acceptors (Lipinski definition) is 7. The maximum Gasteiger partial charge on any atom is 0.416 e. The fourth-order valence-corrected chi connectivity index (χ4v) is 7.17. The van der Waals surface area contributed by atoms with Crippen LogP contribution in [-0.2, 0) is 28.0 Å². The molecule has 4 N–H and O–H groups in total. The molecule has 2 aliphatic rings. The average molecular weight is 759 g/mol. The fraction of sp³-hybridized carbons (Fsp3) is 0.368.